The maximum Gasteiger partial charge on any atom is 0.416 e. The lowest BCUT2D eigenvalue weighted by Gasteiger charge is -2.14. The molecule has 6 nitrogen and oxygen atoms in total. The molecule has 3 rings (SSSR count). The fourth-order valence-corrected chi connectivity index (χ4v) is 5.27. The van der Waals surface area contributed by atoms with Crippen molar-refractivity contribution >= 4 is 33.2 Å². The molecule has 0 unspecified atom stereocenters. The van der Waals surface area contributed by atoms with E-state index in [1.54, 1.807) is 6.92 Å². The molecule has 2 aromatic rings. The number of halogens is 4. The molecule has 0 bridgehead atoms. The molecule has 0 saturated heterocycles. The Bertz CT molecular complexity index is 1030. The molecule has 158 valence electrons. The Balaban J connectivity index is 1.87. The number of aromatic nitrogens is 2. The van der Waals surface area contributed by atoms with Crippen LogP contribution < -0.4 is 5.32 Å². The number of amides is 1. The topological polar surface area (TPSA) is 81.1 Å². The van der Waals surface area contributed by atoms with Crippen LogP contribution in [-0.4, -0.2) is 35.1 Å². The first-order valence-electron chi connectivity index (χ1n) is 8.92. The van der Waals surface area contributed by atoms with Gasteiger partial charge in [-0.05, 0) is 38.0 Å². The van der Waals surface area contributed by atoms with Gasteiger partial charge >= 0.3 is 6.18 Å². The molecule has 1 fully saturated rings. The minimum Gasteiger partial charge on any atom is -0.310 e. The predicted molar refractivity (Wildman–Crippen MR) is 103 cm³/mol. The molecule has 29 heavy (non-hydrogen) atoms. The highest BCUT2D eigenvalue weighted by Crippen LogP contribution is 2.34. The van der Waals surface area contributed by atoms with Crippen LogP contribution >= 0.6 is 11.6 Å². The Morgan fingerprint density at radius 3 is 2.55 bits per heavy atom. The fraction of sp³-hybridized carbons (Fsp3) is 0.444. The van der Waals surface area contributed by atoms with Crippen LogP contribution in [-0.2, 0) is 20.8 Å². The summed E-state index contributed by atoms with van der Waals surface area (Å²) < 4.78 is 65.0. The normalized spacial score (nSPS) is 15.6. The van der Waals surface area contributed by atoms with E-state index in [9.17, 15) is 26.4 Å². The molecule has 0 atom stereocenters. The number of carbonyl (C=O) groups is 1. The zero-order valence-corrected chi connectivity index (χ0v) is 17.0. The zero-order valence-electron chi connectivity index (χ0n) is 15.5. The minimum absolute atomic E-state index is 0.00447. The van der Waals surface area contributed by atoms with E-state index in [0.29, 0.717) is 18.5 Å². The second-order valence-corrected chi connectivity index (χ2v) is 9.70. The number of rotatable bonds is 5. The third-order valence-corrected chi connectivity index (χ3v) is 7.21. The van der Waals surface area contributed by atoms with Crippen molar-refractivity contribution in [3.63, 3.8) is 0 Å². The lowest BCUT2D eigenvalue weighted by atomic mass is 10.2. The van der Waals surface area contributed by atoms with Crippen LogP contribution in [0.1, 0.15) is 36.9 Å². The van der Waals surface area contributed by atoms with Crippen LogP contribution in [0.4, 0.5) is 19.0 Å². The summed E-state index contributed by atoms with van der Waals surface area (Å²) in [6.45, 7) is 1.59. The van der Waals surface area contributed by atoms with Crippen molar-refractivity contribution < 1.29 is 26.4 Å². The molecule has 1 aliphatic rings. The molecule has 0 radical (unpaired) electrons. The van der Waals surface area contributed by atoms with Gasteiger partial charge in [0.05, 0.1) is 27.2 Å². The molecule has 0 aliphatic heterocycles. The monoisotopic (exact) mass is 449 g/mol. The molecular weight excluding hydrogens is 431 g/mol. The maximum atomic E-state index is 13.1. The zero-order chi connectivity index (χ0) is 21.4. The van der Waals surface area contributed by atoms with Crippen molar-refractivity contribution in [2.45, 2.75) is 44.0 Å². The number of anilines is 1. The Morgan fingerprint density at radius 2 is 1.93 bits per heavy atom. The first-order chi connectivity index (χ1) is 13.5. The summed E-state index contributed by atoms with van der Waals surface area (Å²) in [5.74, 6) is -1.44. The van der Waals surface area contributed by atoms with Gasteiger partial charge in [0, 0.05) is 6.07 Å². The van der Waals surface area contributed by atoms with Gasteiger partial charge in [-0.1, -0.05) is 24.4 Å². The van der Waals surface area contributed by atoms with Crippen molar-refractivity contribution in [3.05, 3.63) is 40.5 Å². The molecule has 1 aromatic heterocycles. The minimum atomic E-state index is -4.58. The summed E-state index contributed by atoms with van der Waals surface area (Å²) in [5, 5.41) is 6.00. The number of hydrogen-bond donors (Lipinski definition) is 1. The number of carbonyl (C=O) groups excluding carboxylic acids is 1. The van der Waals surface area contributed by atoms with Crippen molar-refractivity contribution in [1.82, 2.24) is 9.78 Å². The average molecular weight is 450 g/mol. The largest absolute Gasteiger partial charge is 0.416 e. The van der Waals surface area contributed by atoms with Gasteiger partial charge in [-0.2, -0.15) is 18.3 Å². The van der Waals surface area contributed by atoms with E-state index in [2.05, 4.69) is 10.4 Å². The van der Waals surface area contributed by atoms with Crippen molar-refractivity contribution in [1.29, 1.82) is 0 Å². The highest BCUT2D eigenvalue weighted by Gasteiger charge is 2.32. The Labute approximate surface area is 171 Å². The van der Waals surface area contributed by atoms with E-state index >= 15 is 0 Å². The molecular formula is C18H19ClF3N3O3S. The van der Waals surface area contributed by atoms with Gasteiger partial charge in [-0.25, -0.2) is 13.1 Å². The number of nitrogens with one attached hydrogen (secondary N) is 1. The molecule has 11 heteroatoms. The van der Waals surface area contributed by atoms with Crippen LogP contribution in [0.25, 0.3) is 5.69 Å². The van der Waals surface area contributed by atoms with Crippen LogP contribution in [0, 0.1) is 6.92 Å². The summed E-state index contributed by atoms with van der Waals surface area (Å²) in [5.41, 5.74) is -0.595. The highest BCUT2D eigenvalue weighted by atomic mass is 35.5. The second kappa shape index (κ2) is 7.98. The van der Waals surface area contributed by atoms with Crippen LogP contribution in [0.15, 0.2) is 24.3 Å². The summed E-state index contributed by atoms with van der Waals surface area (Å²) >= 11 is 6.05. The lowest BCUT2D eigenvalue weighted by molar-refractivity contribution is -0.137. The van der Waals surface area contributed by atoms with Crippen LogP contribution in [0.2, 0.25) is 5.02 Å². The van der Waals surface area contributed by atoms with E-state index in [1.807, 2.05) is 0 Å². The van der Waals surface area contributed by atoms with Gasteiger partial charge in [-0.15, -0.1) is 0 Å². The summed E-state index contributed by atoms with van der Waals surface area (Å²) in [6, 6.07) is 4.18. The number of sulfone groups is 1. The number of hydrogen-bond acceptors (Lipinski definition) is 4. The molecule has 1 amide bonds. The van der Waals surface area contributed by atoms with E-state index in [0.717, 1.165) is 35.7 Å². The quantitative estimate of drug-likeness (QED) is 0.743. The molecule has 1 saturated carbocycles. The van der Waals surface area contributed by atoms with Gasteiger partial charge in [-0.3, -0.25) is 4.79 Å². The van der Waals surface area contributed by atoms with E-state index in [4.69, 9.17) is 11.6 Å². The van der Waals surface area contributed by atoms with E-state index < -0.39 is 38.5 Å². The van der Waals surface area contributed by atoms with Gasteiger partial charge in [0.1, 0.15) is 11.6 Å². The molecule has 0 spiro atoms. The second-order valence-electron chi connectivity index (χ2n) is 7.01. The third-order valence-electron chi connectivity index (χ3n) is 4.74. The molecule has 1 aromatic carbocycles. The number of nitrogens with zero attached hydrogens (tertiary/aromatic N) is 2. The SMILES string of the molecule is Cc1cc(NC(=O)CS(=O)(=O)C2CCCC2)n(-c2cc(C(F)(F)F)ccc2Cl)n1. The van der Waals surface area contributed by atoms with Gasteiger partial charge < -0.3 is 5.32 Å². The molecule has 1 N–H and O–H groups in total. The van der Waals surface area contributed by atoms with E-state index in [1.165, 1.54) is 6.07 Å². The molecule has 1 heterocycles. The summed E-state index contributed by atoms with van der Waals surface area (Å²) in [7, 11) is -3.60. The van der Waals surface area contributed by atoms with Crippen LogP contribution in [0.5, 0.6) is 0 Å². The number of aryl methyl sites for hydroxylation is 1. The standard InChI is InChI=1S/C18H19ClF3N3O3S/c1-11-8-16(23-17(26)10-29(27,28)13-4-2-3-5-13)25(24-11)15-9-12(18(20,21)22)6-7-14(15)19/h6-9,13H,2-5,10H2,1H3,(H,23,26). The molecule has 1 aliphatic carbocycles. The first-order valence-corrected chi connectivity index (χ1v) is 11.0. The first kappa shape index (κ1) is 21.6. The maximum absolute atomic E-state index is 13.1. The predicted octanol–water partition coefficient (Wildman–Crippen LogP) is 4.15. The highest BCUT2D eigenvalue weighted by molar-refractivity contribution is 7.92. The van der Waals surface area contributed by atoms with Gasteiger partial charge in [0.2, 0.25) is 5.91 Å². The third kappa shape index (κ3) is 4.92. The Morgan fingerprint density at radius 1 is 1.28 bits per heavy atom. The Hall–Kier alpha value is -2.07. The van der Waals surface area contributed by atoms with Gasteiger partial charge in [0.25, 0.3) is 0 Å². The van der Waals surface area contributed by atoms with Crippen molar-refractivity contribution in [2.75, 3.05) is 11.1 Å². The van der Waals surface area contributed by atoms with Gasteiger partial charge in [0.15, 0.2) is 9.84 Å². The summed E-state index contributed by atoms with van der Waals surface area (Å²) in [6.07, 6.45) is -1.89. The number of benzene rings is 1. The lowest BCUT2D eigenvalue weighted by Crippen LogP contribution is -2.30. The van der Waals surface area contributed by atoms with E-state index in [-0.39, 0.29) is 16.5 Å². The average Bonchev–Trinajstić information content (AvgIpc) is 3.24. The van der Waals surface area contributed by atoms with Crippen LogP contribution in [0.3, 0.4) is 0 Å². The smallest absolute Gasteiger partial charge is 0.310 e. The fourth-order valence-electron chi connectivity index (χ4n) is 3.35. The summed E-state index contributed by atoms with van der Waals surface area (Å²) in [4.78, 5) is 12.3. The number of alkyl halides is 3. The van der Waals surface area contributed by atoms with Crippen molar-refractivity contribution in [3.8, 4) is 5.69 Å². The Kier molecular flexibility index (Phi) is 5.96. The van der Waals surface area contributed by atoms with Crippen molar-refractivity contribution in [2.24, 2.45) is 0 Å².